The van der Waals surface area contributed by atoms with Gasteiger partial charge in [0.15, 0.2) is 0 Å². The Bertz CT molecular complexity index is 1060. The summed E-state index contributed by atoms with van der Waals surface area (Å²) in [5.41, 5.74) is 0.993. The van der Waals surface area contributed by atoms with Gasteiger partial charge in [0.1, 0.15) is 6.54 Å². The lowest BCUT2D eigenvalue weighted by Crippen LogP contribution is -2.49. The number of fused-ring (bicyclic) bond motifs is 5. The fourth-order valence-corrected chi connectivity index (χ4v) is 7.11. The van der Waals surface area contributed by atoms with Crippen molar-refractivity contribution in [3.8, 4) is 0 Å². The Morgan fingerprint density at radius 1 is 1.00 bits per heavy atom. The Morgan fingerprint density at radius 3 is 2.12 bits per heavy atom. The number of piperidine rings is 1. The number of allylic oxidation sites excluding steroid dienone is 2. The topological polar surface area (TPSA) is 104 Å². The van der Waals surface area contributed by atoms with Gasteiger partial charge >= 0.3 is 0 Å². The summed E-state index contributed by atoms with van der Waals surface area (Å²) in [6.45, 7) is 2.26. The molecule has 2 aliphatic carbocycles. The number of hydrogen-bond acceptors (Lipinski definition) is 5. The first-order valence-corrected chi connectivity index (χ1v) is 12.6. The van der Waals surface area contributed by atoms with Gasteiger partial charge in [0.2, 0.25) is 27.7 Å². The van der Waals surface area contributed by atoms with Crippen LogP contribution in [0.15, 0.2) is 41.3 Å². The van der Waals surface area contributed by atoms with Crippen LogP contribution in [0.5, 0.6) is 0 Å². The summed E-state index contributed by atoms with van der Waals surface area (Å²) < 4.78 is 27.1. The van der Waals surface area contributed by atoms with E-state index in [2.05, 4.69) is 5.32 Å². The molecule has 1 aromatic rings. The van der Waals surface area contributed by atoms with E-state index in [0.717, 1.165) is 16.9 Å². The molecule has 2 aliphatic heterocycles. The third kappa shape index (κ3) is 3.47. The Balaban J connectivity index is 1.15. The van der Waals surface area contributed by atoms with E-state index < -0.39 is 10.0 Å². The summed E-state index contributed by atoms with van der Waals surface area (Å²) in [4.78, 5) is 39.5. The average molecular weight is 458 g/mol. The molecule has 2 heterocycles. The van der Waals surface area contributed by atoms with Crippen LogP contribution in [0, 0.1) is 30.6 Å². The second-order valence-electron chi connectivity index (χ2n) is 9.32. The number of benzene rings is 1. The third-order valence-corrected chi connectivity index (χ3v) is 9.25. The fourth-order valence-electron chi connectivity index (χ4n) is 5.64. The van der Waals surface area contributed by atoms with Crippen LogP contribution in [0.2, 0.25) is 0 Å². The Morgan fingerprint density at radius 2 is 1.56 bits per heavy atom. The van der Waals surface area contributed by atoms with Crippen molar-refractivity contribution in [1.82, 2.24) is 14.5 Å². The number of aryl methyl sites for hydroxylation is 1. The van der Waals surface area contributed by atoms with Crippen molar-refractivity contribution in [1.29, 1.82) is 0 Å². The van der Waals surface area contributed by atoms with Gasteiger partial charge < -0.3 is 5.32 Å². The van der Waals surface area contributed by atoms with Crippen LogP contribution in [0.1, 0.15) is 24.8 Å². The Hall–Kier alpha value is -2.52. The SMILES string of the molecule is Cc1ccc(S(=O)(=O)N2CCC(NC(=O)CN3C(=O)[C@@H]4[C@H](C3=O)[C@H]3C=C[C@H]4C3)CC2)cc1. The number of amides is 3. The lowest BCUT2D eigenvalue weighted by atomic mass is 9.85. The molecule has 0 radical (unpaired) electrons. The number of nitrogens with one attached hydrogen (secondary N) is 1. The number of carbonyl (C=O) groups excluding carboxylic acids is 3. The number of nitrogens with zero attached hydrogens (tertiary/aromatic N) is 2. The van der Waals surface area contributed by atoms with Crippen LogP contribution in [0.4, 0.5) is 0 Å². The molecule has 32 heavy (non-hydrogen) atoms. The quantitative estimate of drug-likeness (QED) is 0.526. The molecule has 8 nitrogen and oxygen atoms in total. The normalized spacial score (nSPS) is 30.2. The second kappa shape index (κ2) is 7.81. The van der Waals surface area contributed by atoms with Crippen molar-refractivity contribution in [3.05, 3.63) is 42.0 Å². The number of imide groups is 1. The maximum absolute atomic E-state index is 12.8. The summed E-state index contributed by atoms with van der Waals surface area (Å²) >= 11 is 0. The first-order valence-electron chi connectivity index (χ1n) is 11.2. The molecule has 3 amide bonds. The summed E-state index contributed by atoms with van der Waals surface area (Å²) in [5.74, 6) is -1.20. The van der Waals surface area contributed by atoms with Crippen molar-refractivity contribution < 1.29 is 22.8 Å². The number of carbonyl (C=O) groups is 3. The highest BCUT2D eigenvalue weighted by Gasteiger charge is 2.59. The van der Waals surface area contributed by atoms with E-state index in [-0.39, 0.29) is 58.9 Å². The van der Waals surface area contributed by atoms with Gasteiger partial charge in [-0.25, -0.2) is 8.42 Å². The highest BCUT2D eigenvalue weighted by atomic mass is 32.2. The van der Waals surface area contributed by atoms with E-state index in [9.17, 15) is 22.8 Å². The number of rotatable bonds is 5. The van der Waals surface area contributed by atoms with Crippen LogP contribution in [0.3, 0.4) is 0 Å². The molecule has 3 fully saturated rings. The summed E-state index contributed by atoms with van der Waals surface area (Å²) in [5, 5.41) is 2.89. The van der Waals surface area contributed by atoms with Crippen molar-refractivity contribution >= 4 is 27.7 Å². The third-order valence-electron chi connectivity index (χ3n) is 7.34. The predicted octanol–water partition coefficient (Wildman–Crippen LogP) is 1.07. The molecule has 4 aliphatic rings. The monoisotopic (exact) mass is 457 g/mol. The molecule has 0 unspecified atom stereocenters. The molecule has 1 saturated carbocycles. The smallest absolute Gasteiger partial charge is 0.243 e. The standard InChI is InChI=1S/C23H27N3O5S/c1-14-2-6-18(7-3-14)32(30,31)25-10-8-17(9-11-25)24-19(27)13-26-22(28)20-15-4-5-16(12-15)21(20)23(26)29/h2-7,15-17,20-21H,8-13H2,1H3,(H,24,27)/t15-,16-,20-,21+/m0/s1. The van der Waals surface area contributed by atoms with Crippen molar-refractivity contribution in [2.45, 2.75) is 37.1 Å². The molecule has 1 aromatic carbocycles. The maximum atomic E-state index is 12.8. The van der Waals surface area contributed by atoms with Gasteiger partial charge in [-0.3, -0.25) is 19.3 Å². The van der Waals surface area contributed by atoms with Crippen LogP contribution in [-0.2, 0) is 24.4 Å². The fraction of sp³-hybridized carbons (Fsp3) is 0.522. The molecular formula is C23H27N3O5S. The van der Waals surface area contributed by atoms with Crippen LogP contribution in [0.25, 0.3) is 0 Å². The van der Waals surface area contributed by atoms with Gasteiger partial charge in [0.05, 0.1) is 16.7 Å². The van der Waals surface area contributed by atoms with Crippen LogP contribution < -0.4 is 5.32 Å². The Kier molecular flexibility index (Phi) is 5.21. The summed E-state index contributed by atoms with van der Waals surface area (Å²) in [6.07, 6.45) is 5.88. The second-order valence-corrected chi connectivity index (χ2v) is 11.3. The average Bonchev–Trinajstić information content (AvgIpc) is 3.45. The molecule has 2 bridgehead atoms. The van der Waals surface area contributed by atoms with Crippen LogP contribution in [-0.4, -0.2) is 61.0 Å². The predicted molar refractivity (Wildman–Crippen MR) is 116 cm³/mol. The zero-order valence-corrected chi connectivity index (χ0v) is 18.8. The molecule has 9 heteroatoms. The molecule has 4 atom stereocenters. The number of sulfonamides is 1. The molecule has 170 valence electrons. The van der Waals surface area contributed by atoms with Gasteiger partial charge in [-0.2, -0.15) is 4.31 Å². The van der Waals surface area contributed by atoms with Gasteiger partial charge in [-0.15, -0.1) is 0 Å². The maximum Gasteiger partial charge on any atom is 0.243 e. The van der Waals surface area contributed by atoms with Crippen molar-refractivity contribution in [2.75, 3.05) is 19.6 Å². The minimum absolute atomic E-state index is 0.120. The minimum atomic E-state index is -3.56. The number of likely N-dealkylation sites (tertiary alicyclic amines) is 1. The van der Waals surface area contributed by atoms with E-state index >= 15 is 0 Å². The summed E-state index contributed by atoms with van der Waals surface area (Å²) in [7, 11) is -3.56. The van der Waals surface area contributed by atoms with E-state index in [4.69, 9.17) is 0 Å². The summed E-state index contributed by atoms with van der Waals surface area (Å²) in [6, 6.07) is 6.59. The zero-order chi connectivity index (χ0) is 22.6. The highest BCUT2D eigenvalue weighted by Crippen LogP contribution is 2.52. The lowest BCUT2D eigenvalue weighted by Gasteiger charge is -2.32. The largest absolute Gasteiger partial charge is 0.352 e. The van der Waals surface area contributed by atoms with Crippen LogP contribution >= 0.6 is 0 Å². The minimum Gasteiger partial charge on any atom is -0.352 e. The highest BCUT2D eigenvalue weighted by molar-refractivity contribution is 7.89. The van der Waals surface area contributed by atoms with Crippen molar-refractivity contribution in [3.63, 3.8) is 0 Å². The van der Waals surface area contributed by atoms with Gasteiger partial charge in [-0.1, -0.05) is 29.8 Å². The van der Waals surface area contributed by atoms with E-state index in [1.54, 1.807) is 24.3 Å². The molecular weight excluding hydrogens is 430 g/mol. The molecule has 5 rings (SSSR count). The first-order chi connectivity index (χ1) is 15.3. The van der Waals surface area contributed by atoms with Gasteiger partial charge in [0.25, 0.3) is 0 Å². The number of hydrogen-bond donors (Lipinski definition) is 1. The molecule has 1 N–H and O–H groups in total. The van der Waals surface area contributed by atoms with E-state index in [1.165, 1.54) is 4.31 Å². The zero-order valence-electron chi connectivity index (χ0n) is 17.9. The van der Waals surface area contributed by atoms with E-state index in [1.807, 2.05) is 19.1 Å². The molecule has 2 saturated heterocycles. The van der Waals surface area contributed by atoms with E-state index in [0.29, 0.717) is 25.9 Å². The van der Waals surface area contributed by atoms with Gasteiger partial charge in [-0.05, 0) is 50.2 Å². The molecule has 0 aromatic heterocycles. The lowest BCUT2D eigenvalue weighted by molar-refractivity contribution is -0.144. The van der Waals surface area contributed by atoms with Crippen molar-refractivity contribution in [2.24, 2.45) is 23.7 Å². The Labute approximate surface area is 187 Å². The van der Waals surface area contributed by atoms with Gasteiger partial charge in [0, 0.05) is 19.1 Å². The first kappa shape index (κ1) is 21.3. The molecule has 0 spiro atoms.